The van der Waals surface area contributed by atoms with Crippen molar-refractivity contribution in [1.29, 1.82) is 0 Å². The fourth-order valence-electron chi connectivity index (χ4n) is 4.15. The first kappa shape index (κ1) is 23.8. The molecule has 1 heterocycles. The first-order chi connectivity index (χ1) is 14.9. The SMILES string of the molecule is CCOc1ccc(C(=O)[C@@H]2CC=CC[C@@H]2C(=O)N2C(=S)SC[C@H]2C(C)C)cc1OCC. The first-order valence-electron chi connectivity index (χ1n) is 11.0. The zero-order valence-electron chi connectivity index (χ0n) is 18.6. The topological polar surface area (TPSA) is 55.8 Å². The molecular formula is C24H31NO4S2. The molecule has 0 N–H and O–H groups in total. The Kier molecular flexibility index (Phi) is 8.17. The third-order valence-corrected chi connectivity index (χ3v) is 7.33. The van der Waals surface area contributed by atoms with Gasteiger partial charge in [-0.2, -0.15) is 0 Å². The molecule has 168 valence electrons. The summed E-state index contributed by atoms with van der Waals surface area (Å²) >= 11 is 7.06. The lowest BCUT2D eigenvalue weighted by Crippen LogP contribution is -2.47. The molecule has 1 amide bonds. The van der Waals surface area contributed by atoms with Crippen LogP contribution in [0.5, 0.6) is 11.5 Å². The number of carbonyl (C=O) groups excluding carboxylic acids is 2. The zero-order valence-corrected chi connectivity index (χ0v) is 20.3. The molecule has 0 aromatic heterocycles. The Morgan fingerprint density at radius 3 is 2.39 bits per heavy atom. The van der Waals surface area contributed by atoms with Gasteiger partial charge >= 0.3 is 0 Å². The summed E-state index contributed by atoms with van der Waals surface area (Å²) in [6.45, 7) is 9.02. The molecule has 1 aliphatic heterocycles. The standard InChI is InChI=1S/C24H31NO4S2/c1-5-28-20-12-11-16(13-21(20)29-6-2)22(26)17-9-7-8-10-18(17)23(27)25-19(15(3)4)14-31-24(25)30/h7-8,11-13,15,17-19H,5-6,9-10,14H2,1-4H3/t17-,18+,19+/m1/s1. The van der Waals surface area contributed by atoms with Crippen molar-refractivity contribution in [2.75, 3.05) is 19.0 Å². The molecule has 5 nitrogen and oxygen atoms in total. The number of Topliss-reactive ketones (excluding diaryl/α,β-unsaturated/α-hetero) is 1. The number of benzene rings is 1. The van der Waals surface area contributed by atoms with Crippen LogP contribution in [0.3, 0.4) is 0 Å². The molecule has 1 aliphatic carbocycles. The monoisotopic (exact) mass is 461 g/mol. The molecule has 1 saturated heterocycles. The quantitative estimate of drug-likeness (QED) is 0.304. The average molecular weight is 462 g/mol. The lowest BCUT2D eigenvalue weighted by molar-refractivity contribution is -0.134. The number of nitrogens with zero attached hydrogens (tertiary/aromatic N) is 1. The van der Waals surface area contributed by atoms with Crippen LogP contribution in [-0.4, -0.2) is 45.9 Å². The predicted molar refractivity (Wildman–Crippen MR) is 129 cm³/mol. The number of hydrogen-bond donors (Lipinski definition) is 0. The Hall–Kier alpha value is -1.86. The molecule has 0 saturated carbocycles. The van der Waals surface area contributed by atoms with E-state index in [2.05, 4.69) is 13.8 Å². The van der Waals surface area contributed by atoms with E-state index in [0.29, 0.717) is 53.4 Å². The number of carbonyl (C=O) groups is 2. The van der Waals surface area contributed by atoms with E-state index < -0.39 is 11.8 Å². The van der Waals surface area contributed by atoms with Crippen molar-refractivity contribution in [2.24, 2.45) is 17.8 Å². The van der Waals surface area contributed by atoms with Crippen molar-refractivity contribution in [3.8, 4) is 11.5 Å². The van der Waals surface area contributed by atoms with Crippen LogP contribution in [0.2, 0.25) is 0 Å². The predicted octanol–water partition coefficient (Wildman–Crippen LogP) is 5.13. The van der Waals surface area contributed by atoms with Crippen LogP contribution in [0.4, 0.5) is 0 Å². The summed E-state index contributed by atoms with van der Waals surface area (Å²) in [5.74, 6) is 1.43. The largest absolute Gasteiger partial charge is 0.490 e. The smallest absolute Gasteiger partial charge is 0.232 e. The molecule has 0 radical (unpaired) electrons. The van der Waals surface area contributed by atoms with Crippen LogP contribution in [0.1, 0.15) is 50.9 Å². The van der Waals surface area contributed by atoms with E-state index in [1.807, 2.05) is 26.0 Å². The fraction of sp³-hybridized carbons (Fsp3) is 0.542. The van der Waals surface area contributed by atoms with Crippen molar-refractivity contribution < 1.29 is 19.1 Å². The highest BCUT2D eigenvalue weighted by molar-refractivity contribution is 8.23. The van der Waals surface area contributed by atoms with Gasteiger partial charge in [0.15, 0.2) is 17.3 Å². The van der Waals surface area contributed by atoms with E-state index in [9.17, 15) is 9.59 Å². The summed E-state index contributed by atoms with van der Waals surface area (Å²) in [7, 11) is 0. The highest BCUT2D eigenvalue weighted by atomic mass is 32.2. The second kappa shape index (κ2) is 10.6. The van der Waals surface area contributed by atoms with Gasteiger partial charge < -0.3 is 9.47 Å². The molecular weight excluding hydrogens is 430 g/mol. The summed E-state index contributed by atoms with van der Waals surface area (Å²) in [5.41, 5.74) is 0.545. The molecule has 0 spiro atoms. The van der Waals surface area contributed by atoms with Crippen LogP contribution in [0, 0.1) is 17.8 Å². The van der Waals surface area contributed by atoms with Gasteiger partial charge in [0.25, 0.3) is 0 Å². The number of allylic oxidation sites excluding steroid dienone is 2. The normalized spacial score (nSPS) is 23.3. The minimum Gasteiger partial charge on any atom is -0.490 e. The molecule has 0 unspecified atom stereocenters. The summed E-state index contributed by atoms with van der Waals surface area (Å²) in [5, 5.41) is 0. The maximum atomic E-state index is 13.6. The van der Waals surface area contributed by atoms with Crippen LogP contribution in [-0.2, 0) is 4.79 Å². The van der Waals surface area contributed by atoms with E-state index in [1.165, 1.54) is 0 Å². The summed E-state index contributed by atoms with van der Waals surface area (Å²) in [6, 6.07) is 5.37. The molecule has 1 aromatic carbocycles. The molecule has 7 heteroatoms. The number of thioether (sulfide) groups is 1. The van der Waals surface area contributed by atoms with Crippen LogP contribution < -0.4 is 9.47 Å². The van der Waals surface area contributed by atoms with Crippen molar-refractivity contribution >= 4 is 40.0 Å². The average Bonchev–Trinajstić information content (AvgIpc) is 3.16. The van der Waals surface area contributed by atoms with Gasteiger partial charge in [-0.3, -0.25) is 14.5 Å². The van der Waals surface area contributed by atoms with Gasteiger partial charge in [0.05, 0.1) is 19.1 Å². The van der Waals surface area contributed by atoms with Gasteiger partial charge in [0.2, 0.25) is 5.91 Å². The third kappa shape index (κ3) is 5.14. The van der Waals surface area contributed by atoms with Crippen LogP contribution in [0.25, 0.3) is 0 Å². The number of rotatable bonds is 8. The van der Waals surface area contributed by atoms with Gasteiger partial charge in [-0.25, -0.2) is 0 Å². The van der Waals surface area contributed by atoms with Gasteiger partial charge in [-0.15, -0.1) is 0 Å². The summed E-state index contributed by atoms with van der Waals surface area (Å²) in [6.07, 6.45) is 5.11. The Bertz CT molecular complexity index is 867. The van der Waals surface area contributed by atoms with E-state index in [4.69, 9.17) is 21.7 Å². The molecule has 1 aromatic rings. The summed E-state index contributed by atoms with van der Waals surface area (Å²) < 4.78 is 11.9. The Labute approximate surface area is 194 Å². The molecule has 3 atom stereocenters. The molecule has 31 heavy (non-hydrogen) atoms. The van der Waals surface area contributed by atoms with Gasteiger partial charge in [0.1, 0.15) is 4.32 Å². The first-order valence-corrected chi connectivity index (χ1v) is 12.4. The lowest BCUT2D eigenvalue weighted by atomic mass is 9.77. The maximum absolute atomic E-state index is 13.6. The van der Waals surface area contributed by atoms with Crippen molar-refractivity contribution in [1.82, 2.24) is 4.90 Å². The number of ketones is 1. The number of thiocarbonyl (C=S) groups is 1. The minimum absolute atomic E-state index is 0.0210. The van der Waals surface area contributed by atoms with E-state index >= 15 is 0 Å². The Morgan fingerprint density at radius 2 is 1.74 bits per heavy atom. The molecule has 0 bridgehead atoms. The van der Waals surface area contributed by atoms with E-state index in [-0.39, 0.29) is 17.7 Å². The summed E-state index contributed by atoms with van der Waals surface area (Å²) in [4.78, 5) is 28.9. The molecule has 1 fully saturated rings. The minimum atomic E-state index is -0.411. The van der Waals surface area contributed by atoms with Gasteiger partial charge in [-0.05, 0) is 50.8 Å². The lowest BCUT2D eigenvalue weighted by Gasteiger charge is -2.34. The highest BCUT2D eigenvalue weighted by Gasteiger charge is 2.43. The number of ether oxygens (including phenoxy) is 2. The van der Waals surface area contributed by atoms with Crippen LogP contribution >= 0.6 is 24.0 Å². The number of hydrogen-bond acceptors (Lipinski definition) is 6. The highest BCUT2D eigenvalue weighted by Crippen LogP contribution is 2.37. The third-order valence-electron chi connectivity index (χ3n) is 5.83. The fourth-order valence-corrected chi connectivity index (χ4v) is 5.80. The van der Waals surface area contributed by atoms with Crippen LogP contribution in [0.15, 0.2) is 30.4 Å². The zero-order chi connectivity index (χ0) is 22.5. The van der Waals surface area contributed by atoms with Crippen molar-refractivity contribution in [2.45, 2.75) is 46.6 Å². The molecule has 2 aliphatic rings. The van der Waals surface area contributed by atoms with Crippen molar-refractivity contribution in [3.63, 3.8) is 0 Å². The van der Waals surface area contributed by atoms with Gasteiger partial charge in [-0.1, -0.05) is 50.0 Å². The molecule has 3 rings (SSSR count). The maximum Gasteiger partial charge on any atom is 0.232 e. The number of amides is 1. The van der Waals surface area contributed by atoms with E-state index in [0.717, 1.165) is 5.75 Å². The second-order valence-corrected chi connectivity index (χ2v) is 9.80. The van der Waals surface area contributed by atoms with Crippen molar-refractivity contribution in [3.05, 3.63) is 35.9 Å². The van der Waals surface area contributed by atoms with Gasteiger partial charge in [0, 0.05) is 23.3 Å². The van der Waals surface area contributed by atoms with E-state index in [1.54, 1.807) is 34.9 Å². The Morgan fingerprint density at radius 1 is 1.10 bits per heavy atom. The second-order valence-electron chi connectivity index (χ2n) is 8.14. The Balaban J connectivity index is 1.87.